The molecular weight excluding hydrogens is 200 g/mol. The van der Waals surface area contributed by atoms with Crippen LogP contribution in [0.1, 0.15) is 19.8 Å². The Morgan fingerprint density at radius 2 is 2.50 bits per heavy atom. The third-order valence-electron chi connectivity index (χ3n) is 3.10. The van der Waals surface area contributed by atoms with Crippen molar-refractivity contribution in [3.05, 3.63) is 18.3 Å². The number of aromatic nitrogens is 1. The molecule has 3 N–H and O–H groups in total. The summed E-state index contributed by atoms with van der Waals surface area (Å²) in [4.78, 5) is 6.47. The van der Waals surface area contributed by atoms with Crippen molar-refractivity contribution in [3.63, 3.8) is 0 Å². The normalized spacial score (nSPS) is 21.9. The van der Waals surface area contributed by atoms with E-state index in [9.17, 15) is 0 Å². The van der Waals surface area contributed by atoms with E-state index in [1.54, 1.807) is 6.20 Å². The maximum Gasteiger partial charge on any atom is 0.125 e. The summed E-state index contributed by atoms with van der Waals surface area (Å²) < 4.78 is 0. The fourth-order valence-electron chi connectivity index (χ4n) is 2.23. The minimum absolute atomic E-state index is 0.537. The lowest BCUT2D eigenvalue weighted by atomic mass is 10.1. The Labute approximate surface area is 96.8 Å². The van der Waals surface area contributed by atoms with E-state index >= 15 is 0 Å². The molecule has 0 aromatic carbocycles. The van der Waals surface area contributed by atoms with Crippen molar-refractivity contribution in [3.8, 4) is 0 Å². The molecule has 4 nitrogen and oxygen atoms in total. The van der Waals surface area contributed by atoms with Gasteiger partial charge in [-0.05, 0) is 32.0 Å². The van der Waals surface area contributed by atoms with Crippen LogP contribution in [0, 0.1) is 0 Å². The number of nitrogens with zero attached hydrogens (tertiary/aromatic N) is 2. The third-order valence-corrected chi connectivity index (χ3v) is 3.10. The van der Waals surface area contributed by atoms with E-state index in [1.165, 1.54) is 19.4 Å². The predicted octanol–water partition coefficient (Wildman–Crippen LogP) is 1.56. The molecule has 1 aromatic heterocycles. The molecule has 0 saturated carbocycles. The largest absolute Gasteiger partial charge is 0.384 e. The van der Waals surface area contributed by atoms with Crippen molar-refractivity contribution < 1.29 is 0 Å². The van der Waals surface area contributed by atoms with Crippen molar-refractivity contribution in [2.75, 3.05) is 30.7 Å². The molecule has 0 radical (unpaired) electrons. The van der Waals surface area contributed by atoms with Gasteiger partial charge in [0.05, 0.1) is 0 Å². The second-order valence-electron chi connectivity index (χ2n) is 4.35. The lowest BCUT2D eigenvalue weighted by molar-refractivity contribution is 0.227. The van der Waals surface area contributed by atoms with E-state index in [-0.39, 0.29) is 0 Å². The number of hydrogen-bond donors (Lipinski definition) is 2. The molecule has 4 heteroatoms. The van der Waals surface area contributed by atoms with Gasteiger partial charge in [0.25, 0.3) is 0 Å². The van der Waals surface area contributed by atoms with Gasteiger partial charge < -0.3 is 16.0 Å². The standard InChI is InChI=1S/C12H20N4/c1-2-16-7-3-4-11(9-16)15-10-5-6-14-12(13)8-10/h5-6,8,11H,2-4,7,9H2,1H3,(H3,13,14,15). The first-order valence-corrected chi connectivity index (χ1v) is 5.98. The van der Waals surface area contributed by atoms with Gasteiger partial charge in [0.1, 0.15) is 5.82 Å². The van der Waals surface area contributed by atoms with Crippen LogP contribution in [-0.4, -0.2) is 35.6 Å². The number of piperidine rings is 1. The lowest BCUT2D eigenvalue weighted by Gasteiger charge is -2.32. The average Bonchev–Trinajstić information content (AvgIpc) is 2.29. The molecule has 16 heavy (non-hydrogen) atoms. The Kier molecular flexibility index (Phi) is 3.62. The molecule has 1 atom stereocenters. The second-order valence-corrected chi connectivity index (χ2v) is 4.35. The number of rotatable bonds is 3. The second kappa shape index (κ2) is 5.16. The number of nitrogen functional groups attached to an aromatic ring is 1. The lowest BCUT2D eigenvalue weighted by Crippen LogP contribution is -2.41. The maximum absolute atomic E-state index is 5.66. The van der Waals surface area contributed by atoms with Gasteiger partial charge in [0.15, 0.2) is 0 Å². The summed E-state index contributed by atoms with van der Waals surface area (Å²) in [7, 11) is 0. The van der Waals surface area contributed by atoms with Gasteiger partial charge >= 0.3 is 0 Å². The Morgan fingerprint density at radius 3 is 3.25 bits per heavy atom. The van der Waals surface area contributed by atoms with E-state index in [4.69, 9.17) is 5.73 Å². The van der Waals surface area contributed by atoms with Crippen LogP contribution in [0.15, 0.2) is 18.3 Å². The number of hydrogen-bond acceptors (Lipinski definition) is 4. The molecule has 1 fully saturated rings. The number of likely N-dealkylation sites (tertiary alicyclic amines) is 1. The van der Waals surface area contributed by atoms with E-state index in [0.29, 0.717) is 11.9 Å². The molecule has 1 aliphatic rings. The van der Waals surface area contributed by atoms with Crippen molar-refractivity contribution in [1.29, 1.82) is 0 Å². The number of nitrogens with two attached hydrogens (primary N) is 1. The molecular formula is C12H20N4. The number of nitrogens with one attached hydrogen (secondary N) is 1. The van der Waals surface area contributed by atoms with E-state index < -0.39 is 0 Å². The fourth-order valence-corrected chi connectivity index (χ4v) is 2.23. The Balaban J connectivity index is 1.94. The minimum Gasteiger partial charge on any atom is -0.384 e. The summed E-state index contributed by atoms with van der Waals surface area (Å²) in [5.74, 6) is 0.577. The molecule has 2 rings (SSSR count). The van der Waals surface area contributed by atoms with Crippen molar-refractivity contribution in [2.24, 2.45) is 0 Å². The summed E-state index contributed by atoms with van der Waals surface area (Å²) in [6.45, 7) is 5.70. The highest BCUT2D eigenvalue weighted by molar-refractivity contribution is 5.50. The number of anilines is 2. The molecule has 0 amide bonds. The minimum atomic E-state index is 0.537. The highest BCUT2D eigenvalue weighted by Gasteiger charge is 2.18. The van der Waals surface area contributed by atoms with Crippen molar-refractivity contribution in [2.45, 2.75) is 25.8 Å². The first kappa shape index (κ1) is 11.2. The SMILES string of the molecule is CCN1CCCC(Nc2ccnc(N)c2)C1. The van der Waals surface area contributed by atoms with Crippen LogP contribution in [0.3, 0.4) is 0 Å². The smallest absolute Gasteiger partial charge is 0.125 e. The van der Waals surface area contributed by atoms with E-state index in [0.717, 1.165) is 18.8 Å². The van der Waals surface area contributed by atoms with Crippen LogP contribution in [0.25, 0.3) is 0 Å². The topological polar surface area (TPSA) is 54.2 Å². The Hall–Kier alpha value is -1.29. The average molecular weight is 220 g/mol. The number of likely N-dealkylation sites (N-methyl/N-ethyl adjacent to an activating group) is 1. The zero-order chi connectivity index (χ0) is 11.4. The molecule has 0 bridgehead atoms. The first-order chi connectivity index (χ1) is 7.78. The Bertz CT molecular complexity index is 340. The summed E-state index contributed by atoms with van der Waals surface area (Å²) >= 11 is 0. The van der Waals surface area contributed by atoms with Crippen LogP contribution in [-0.2, 0) is 0 Å². The zero-order valence-electron chi connectivity index (χ0n) is 9.82. The molecule has 88 valence electrons. The van der Waals surface area contributed by atoms with Gasteiger partial charge in [0, 0.05) is 30.5 Å². The van der Waals surface area contributed by atoms with Crippen LogP contribution >= 0.6 is 0 Å². The van der Waals surface area contributed by atoms with Crippen molar-refractivity contribution >= 4 is 11.5 Å². The summed E-state index contributed by atoms with van der Waals surface area (Å²) in [6, 6.07) is 4.40. The van der Waals surface area contributed by atoms with Crippen LogP contribution in [0.2, 0.25) is 0 Å². The summed E-state index contributed by atoms with van der Waals surface area (Å²) in [5, 5.41) is 3.52. The summed E-state index contributed by atoms with van der Waals surface area (Å²) in [5.41, 5.74) is 6.73. The predicted molar refractivity (Wildman–Crippen MR) is 67.4 cm³/mol. The van der Waals surface area contributed by atoms with Gasteiger partial charge in [-0.2, -0.15) is 0 Å². The fraction of sp³-hybridized carbons (Fsp3) is 0.583. The monoisotopic (exact) mass is 220 g/mol. The van der Waals surface area contributed by atoms with Gasteiger partial charge in [0.2, 0.25) is 0 Å². The van der Waals surface area contributed by atoms with Gasteiger partial charge in [-0.25, -0.2) is 4.98 Å². The van der Waals surface area contributed by atoms with Crippen LogP contribution in [0.5, 0.6) is 0 Å². The van der Waals surface area contributed by atoms with Crippen LogP contribution < -0.4 is 11.1 Å². The Morgan fingerprint density at radius 1 is 1.62 bits per heavy atom. The van der Waals surface area contributed by atoms with E-state index in [2.05, 4.69) is 22.1 Å². The highest BCUT2D eigenvalue weighted by Crippen LogP contribution is 2.16. The molecule has 1 unspecified atom stereocenters. The van der Waals surface area contributed by atoms with Gasteiger partial charge in [-0.1, -0.05) is 6.92 Å². The summed E-state index contributed by atoms with van der Waals surface area (Å²) in [6.07, 6.45) is 4.25. The number of pyridine rings is 1. The molecule has 1 aromatic rings. The molecule has 1 saturated heterocycles. The molecule has 0 aliphatic carbocycles. The molecule has 1 aliphatic heterocycles. The maximum atomic E-state index is 5.66. The highest BCUT2D eigenvalue weighted by atomic mass is 15.2. The molecule has 0 spiro atoms. The van der Waals surface area contributed by atoms with E-state index in [1.807, 2.05) is 12.1 Å². The zero-order valence-corrected chi connectivity index (χ0v) is 9.82. The van der Waals surface area contributed by atoms with Gasteiger partial charge in [-0.15, -0.1) is 0 Å². The third kappa shape index (κ3) is 2.85. The van der Waals surface area contributed by atoms with Crippen molar-refractivity contribution in [1.82, 2.24) is 9.88 Å². The molecule has 2 heterocycles. The quantitative estimate of drug-likeness (QED) is 0.811. The van der Waals surface area contributed by atoms with Gasteiger partial charge in [-0.3, -0.25) is 0 Å². The first-order valence-electron chi connectivity index (χ1n) is 5.98. The van der Waals surface area contributed by atoms with Crippen LogP contribution in [0.4, 0.5) is 11.5 Å².